The van der Waals surface area contributed by atoms with E-state index in [4.69, 9.17) is 15.9 Å². The minimum absolute atomic E-state index is 0.0557. The normalized spacial score (nSPS) is 12.0. The zero-order valence-corrected chi connectivity index (χ0v) is 18.3. The number of sulfone groups is 1. The van der Waals surface area contributed by atoms with Gasteiger partial charge in [0.1, 0.15) is 21.7 Å². The molecular formula is C21H20N2O5S2. The fourth-order valence-electron chi connectivity index (χ4n) is 2.92. The van der Waals surface area contributed by atoms with Crippen LogP contribution in [-0.2, 0) is 16.4 Å². The highest BCUT2D eigenvalue weighted by Gasteiger charge is 2.18. The van der Waals surface area contributed by atoms with Crippen molar-refractivity contribution in [3.63, 3.8) is 0 Å². The molecule has 0 radical (unpaired) electrons. The van der Waals surface area contributed by atoms with Crippen LogP contribution in [0.15, 0.2) is 46.3 Å². The summed E-state index contributed by atoms with van der Waals surface area (Å²) in [5, 5.41) is 0. The molecule has 1 aromatic heterocycles. The van der Waals surface area contributed by atoms with E-state index in [9.17, 15) is 13.2 Å². The highest BCUT2D eigenvalue weighted by molar-refractivity contribution is 7.91. The van der Waals surface area contributed by atoms with Gasteiger partial charge in [-0.1, -0.05) is 30.2 Å². The van der Waals surface area contributed by atoms with Gasteiger partial charge in [0, 0.05) is 5.56 Å². The first kappa shape index (κ1) is 21.6. The molecule has 0 saturated carbocycles. The van der Waals surface area contributed by atoms with Gasteiger partial charge >= 0.3 is 0 Å². The van der Waals surface area contributed by atoms with Crippen molar-refractivity contribution in [2.45, 2.75) is 18.4 Å². The maximum absolute atomic E-state index is 12.8. The summed E-state index contributed by atoms with van der Waals surface area (Å²) in [6, 6.07) is 9.38. The molecule has 2 aromatic carbocycles. The smallest absolute Gasteiger partial charge is 0.279 e. The second kappa shape index (κ2) is 8.73. The summed E-state index contributed by atoms with van der Waals surface area (Å²) in [5.74, 6) is 3.11. The number of carbonyl (C=O) groups excluding carboxylic acids is 1. The van der Waals surface area contributed by atoms with E-state index >= 15 is 0 Å². The van der Waals surface area contributed by atoms with E-state index < -0.39 is 15.7 Å². The van der Waals surface area contributed by atoms with E-state index in [0.717, 1.165) is 4.70 Å². The third kappa shape index (κ3) is 3.97. The molecule has 0 spiro atoms. The van der Waals surface area contributed by atoms with Gasteiger partial charge in [-0.3, -0.25) is 4.79 Å². The molecule has 1 amide bonds. The Kier molecular flexibility index (Phi) is 6.29. The number of terminal acetylenes is 1. The summed E-state index contributed by atoms with van der Waals surface area (Å²) < 4.78 is 37.6. The maximum atomic E-state index is 12.8. The molecule has 0 aliphatic carbocycles. The van der Waals surface area contributed by atoms with Crippen LogP contribution >= 0.6 is 11.3 Å². The Morgan fingerprint density at radius 1 is 1.20 bits per heavy atom. The first-order chi connectivity index (χ1) is 14.4. The van der Waals surface area contributed by atoms with Gasteiger partial charge in [-0.15, -0.1) is 6.42 Å². The van der Waals surface area contributed by atoms with Gasteiger partial charge in [0.2, 0.25) is 0 Å². The number of hydrogen-bond donors (Lipinski definition) is 0. The summed E-state index contributed by atoms with van der Waals surface area (Å²) in [7, 11) is -0.346. The molecule has 0 atom stereocenters. The molecule has 156 valence electrons. The van der Waals surface area contributed by atoms with Gasteiger partial charge < -0.3 is 14.0 Å². The molecule has 3 aromatic rings. The molecule has 7 nitrogen and oxygen atoms in total. The van der Waals surface area contributed by atoms with Crippen LogP contribution in [0, 0.1) is 12.3 Å². The van der Waals surface area contributed by atoms with Crippen molar-refractivity contribution in [1.82, 2.24) is 4.57 Å². The molecule has 3 rings (SSSR count). The molecule has 0 unspecified atom stereocenters. The van der Waals surface area contributed by atoms with E-state index in [1.807, 2.05) is 0 Å². The molecule has 30 heavy (non-hydrogen) atoms. The number of aromatic nitrogens is 1. The zero-order chi connectivity index (χ0) is 21.9. The van der Waals surface area contributed by atoms with Crippen LogP contribution in [-0.4, -0.2) is 38.9 Å². The third-order valence-corrected chi connectivity index (χ3v) is 7.28. The van der Waals surface area contributed by atoms with Crippen LogP contribution in [0.25, 0.3) is 10.2 Å². The third-order valence-electron chi connectivity index (χ3n) is 4.46. The van der Waals surface area contributed by atoms with Crippen molar-refractivity contribution in [3.05, 3.63) is 46.8 Å². The monoisotopic (exact) mass is 444 g/mol. The Hall–Kier alpha value is -3.09. The van der Waals surface area contributed by atoms with Crippen LogP contribution in [0.1, 0.15) is 17.3 Å². The maximum Gasteiger partial charge on any atom is 0.279 e. The standard InChI is InChI=1S/C21H20N2O5S2/c1-5-12-23-18-16(27-3)10-11-17(28-4)19(18)29-21(23)22-20(24)14-8-7-9-15(13-14)30(25,26)6-2/h1,7-11,13H,6,12H2,2-4H3. The molecule has 0 bridgehead atoms. The predicted octanol–water partition coefficient (Wildman–Crippen LogP) is 2.89. The number of thiazole rings is 1. The lowest BCUT2D eigenvalue weighted by Gasteiger charge is -2.08. The number of methoxy groups -OCH3 is 2. The molecule has 1 heterocycles. The quantitative estimate of drug-likeness (QED) is 0.546. The van der Waals surface area contributed by atoms with Crippen LogP contribution in [0.3, 0.4) is 0 Å². The van der Waals surface area contributed by atoms with E-state index in [0.29, 0.717) is 21.8 Å². The minimum Gasteiger partial charge on any atom is -0.495 e. The molecule has 0 aliphatic rings. The van der Waals surface area contributed by atoms with E-state index in [2.05, 4.69) is 10.9 Å². The van der Waals surface area contributed by atoms with Gasteiger partial charge in [-0.2, -0.15) is 4.99 Å². The number of amides is 1. The van der Waals surface area contributed by atoms with Crippen molar-refractivity contribution in [1.29, 1.82) is 0 Å². The Morgan fingerprint density at radius 3 is 2.53 bits per heavy atom. The van der Waals surface area contributed by atoms with Gasteiger partial charge in [0.25, 0.3) is 5.91 Å². The summed E-state index contributed by atoms with van der Waals surface area (Å²) >= 11 is 1.24. The molecule has 0 saturated heterocycles. The van der Waals surface area contributed by atoms with Crippen LogP contribution in [0.4, 0.5) is 0 Å². The Morgan fingerprint density at radius 2 is 1.90 bits per heavy atom. The SMILES string of the molecule is C#CCn1c(=NC(=O)c2cccc(S(=O)(=O)CC)c2)sc2c(OC)ccc(OC)c21. The van der Waals surface area contributed by atoms with Crippen LogP contribution < -0.4 is 14.3 Å². The largest absolute Gasteiger partial charge is 0.495 e. The number of ether oxygens (including phenoxy) is 2. The van der Waals surface area contributed by atoms with Crippen LogP contribution in [0.5, 0.6) is 11.5 Å². The van der Waals surface area contributed by atoms with Crippen molar-refractivity contribution in [3.8, 4) is 23.8 Å². The lowest BCUT2D eigenvalue weighted by molar-refractivity contribution is 0.0997. The molecular weight excluding hydrogens is 424 g/mol. The van der Waals surface area contributed by atoms with Gasteiger partial charge in [-0.25, -0.2) is 8.42 Å². The molecule has 0 N–H and O–H groups in total. The fourth-order valence-corrected chi connectivity index (χ4v) is 4.98. The van der Waals surface area contributed by atoms with Crippen molar-refractivity contribution in [2.75, 3.05) is 20.0 Å². The number of rotatable bonds is 6. The zero-order valence-electron chi connectivity index (χ0n) is 16.7. The Balaban J connectivity index is 2.22. The highest BCUT2D eigenvalue weighted by atomic mass is 32.2. The van der Waals surface area contributed by atoms with E-state index in [1.165, 1.54) is 35.6 Å². The van der Waals surface area contributed by atoms with Gasteiger partial charge in [0.05, 0.1) is 31.4 Å². The van der Waals surface area contributed by atoms with Crippen molar-refractivity contribution in [2.24, 2.45) is 4.99 Å². The molecule has 0 aliphatic heterocycles. The summed E-state index contributed by atoms with van der Waals surface area (Å²) in [4.78, 5) is 17.5. The van der Waals surface area contributed by atoms with Crippen LogP contribution in [0.2, 0.25) is 0 Å². The minimum atomic E-state index is -3.44. The Bertz CT molecular complexity index is 1330. The fraction of sp³-hybridized carbons (Fsp3) is 0.238. The summed E-state index contributed by atoms with van der Waals surface area (Å²) in [6.45, 7) is 1.72. The number of carbonyl (C=O) groups is 1. The summed E-state index contributed by atoms with van der Waals surface area (Å²) in [6.07, 6.45) is 5.54. The number of benzene rings is 2. The van der Waals surface area contributed by atoms with E-state index in [-0.39, 0.29) is 22.8 Å². The number of fused-ring (bicyclic) bond motifs is 1. The Labute approximate surface area is 178 Å². The number of hydrogen-bond acceptors (Lipinski definition) is 6. The van der Waals surface area contributed by atoms with Gasteiger partial charge in [-0.05, 0) is 30.3 Å². The topological polar surface area (TPSA) is 87.0 Å². The first-order valence-electron chi connectivity index (χ1n) is 8.96. The lowest BCUT2D eigenvalue weighted by atomic mass is 10.2. The van der Waals surface area contributed by atoms with E-state index in [1.54, 1.807) is 37.8 Å². The predicted molar refractivity (Wildman–Crippen MR) is 116 cm³/mol. The second-order valence-electron chi connectivity index (χ2n) is 6.17. The van der Waals surface area contributed by atoms with Gasteiger partial charge in [0.15, 0.2) is 14.6 Å². The molecule has 9 heteroatoms. The summed E-state index contributed by atoms with van der Waals surface area (Å²) in [5.41, 5.74) is 0.849. The lowest BCUT2D eigenvalue weighted by Crippen LogP contribution is -2.17. The first-order valence-corrected chi connectivity index (χ1v) is 11.4. The second-order valence-corrected chi connectivity index (χ2v) is 9.43. The highest BCUT2D eigenvalue weighted by Crippen LogP contribution is 2.35. The van der Waals surface area contributed by atoms with Crippen molar-refractivity contribution >= 4 is 37.3 Å². The average molecular weight is 445 g/mol. The molecule has 0 fully saturated rings. The van der Waals surface area contributed by atoms with Crippen molar-refractivity contribution < 1.29 is 22.7 Å². The average Bonchev–Trinajstić information content (AvgIpc) is 3.11. The number of nitrogens with zero attached hydrogens (tertiary/aromatic N) is 2.